The number of rotatable bonds is 22. The van der Waals surface area contributed by atoms with Crippen LogP contribution in [-0.2, 0) is 41.8 Å². The molecule has 1 unspecified atom stereocenters. The molecular formula is C46H63N6O12PSi. The van der Waals surface area contributed by atoms with E-state index in [-0.39, 0.29) is 72.7 Å². The van der Waals surface area contributed by atoms with Gasteiger partial charge in [-0.2, -0.15) is 0 Å². The van der Waals surface area contributed by atoms with Crippen LogP contribution in [0.4, 0.5) is 5.69 Å². The Morgan fingerprint density at radius 1 is 0.970 bits per heavy atom. The maximum Gasteiger partial charge on any atom is 0.343 e. The van der Waals surface area contributed by atoms with E-state index in [0.717, 1.165) is 17.1 Å². The van der Waals surface area contributed by atoms with E-state index in [1.807, 2.05) is 69.2 Å². The van der Waals surface area contributed by atoms with Crippen molar-refractivity contribution in [2.45, 2.75) is 142 Å². The van der Waals surface area contributed by atoms with E-state index in [0.29, 0.717) is 12.0 Å². The molecule has 1 aromatic heterocycles. The topological polar surface area (TPSA) is 209 Å². The van der Waals surface area contributed by atoms with Crippen molar-refractivity contribution in [2.24, 2.45) is 0 Å². The summed E-state index contributed by atoms with van der Waals surface area (Å²) in [6, 6.07) is 4.25. The summed E-state index contributed by atoms with van der Waals surface area (Å²) in [7, 11) is -4.93. The molecule has 3 amide bonds. The molecule has 0 bridgehead atoms. The number of benzene rings is 1. The van der Waals surface area contributed by atoms with Crippen LogP contribution in [0.3, 0.4) is 0 Å². The van der Waals surface area contributed by atoms with Crippen LogP contribution in [0.25, 0.3) is 4.85 Å². The third-order valence-electron chi connectivity index (χ3n) is 11.6. The first kappa shape index (κ1) is 52.2. The minimum atomic E-state index is -3.23. The number of amides is 3. The van der Waals surface area contributed by atoms with Crippen molar-refractivity contribution in [1.82, 2.24) is 19.5 Å². The number of aromatic nitrogens is 2. The summed E-state index contributed by atoms with van der Waals surface area (Å²) in [5, 5.41) is 2.91. The summed E-state index contributed by atoms with van der Waals surface area (Å²) in [5.74, 6) is -3.93. The molecule has 66 heavy (non-hydrogen) atoms. The fraction of sp³-hybridized carbons (Fsp3) is 0.565. The van der Waals surface area contributed by atoms with Crippen LogP contribution in [0, 0.1) is 13.5 Å². The number of hydrogen-bond acceptors (Lipinski definition) is 13. The molecule has 358 valence electrons. The minimum Gasteiger partial charge on any atom is -0.391 e. The first-order chi connectivity index (χ1) is 31.0. The Morgan fingerprint density at radius 2 is 1.59 bits per heavy atom. The molecule has 4 atom stereocenters. The highest BCUT2D eigenvalue weighted by Gasteiger charge is 2.51. The molecule has 0 saturated carbocycles. The van der Waals surface area contributed by atoms with Gasteiger partial charge in [-0.15, -0.1) is 0 Å². The lowest BCUT2D eigenvalue weighted by Crippen LogP contribution is -2.55. The highest BCUT2D eigenvalue weighted by Crippen LogP contribution is 2.50. The number of hydrogen-bond donors (Lipinski definition) is 2. The van der Waals surface area contributed by atoms with Gasteiger partial charge in [-0.3, -0.25) is 38.3 Å². The van der Waals surface area contributed by atoms with E-state index >= 15 is 0 Å². The van der Waals surface area contributed by atoms with Crippen molar-refractivity contribution < 1.29 is 46.6 Å². The molecule has 1 aromatic carbocycles. The predicted molar refractivity (Wildman–Crippen MR) is 250 cm³/mol. The van der Waals surface area contributed by atoms with Crippen LogP contribution in [0.5, 0.6) is 0 Å². The second-order valence-electron chi connectivity index (χ2n) is 18.4. The molecule has 2 aromatic rings. The molecule has 1 fully saturated rings. The summed E-state index contributed by atoms with van der Waals surface area (Å²) in [5.41, 5.74) is -1.51. The van der Waals surface area contributed by atoms with Gasteiger partial charge in [-0.25, -0.2) is 20.9 Å². The molecule has 0 spiro atoms. The largest absolute Gasteiger partial charge is 0.391 e. The van der Waals surface area contributed by atoms with Gasteiger partial charge in [0.25, 0.3) is 31.8 Å². The Labute approximate surface area is 388 Å². The average molecular weight is 951 g/mol. The van der Waals surface area contributed by atoms with Crippen molar-refractivity contribution in [3.8, 4) is 0 Å². The highest BCUT2D eigenvalue weighted by atomic mass is 31.2. The van der Waals surface area contributed by atoms with E-state index in [9.17, 15) is 33.6 Å². The number of ketones is 2. The lowest BCUT2D eigenvalue weighted by molar-refractivity contribution is -0.123. The summed E-state index contributed by atoms with van der Waals surface area (Å²) in [6.07, 6.45) is 4.41. The fourth-order valence-electron chi connectivity index (χ4n) is 8.42. The monoisotopic (exact) mass is 950 g/mol. The third kappa shape index (κ3) is 12.0. The third-order valence-corrected chi connectivity index (χ3v) is 18.5. The van der Waals surface area contributed by atoms with E-state index in [1.54, 1.807) is 6.92 Å². The molecule has 3 aliphatic rings. The number of carbonyl (C=O) groups excluding carboxylic acids is 5. The SMILES string of the molecule is [C-]#[N+]CCOP(O[C@@H]1C[C@H](n2cc(C)c(=O)[nH]c2=O)O[C@@H]1CO[Si](OC(C)(C)CCNC(=O)c1cc(C2C(=O)C=CC2=O)cc(N2C(=O)C=CC2=O)c1)(C(C)C)C(C)C)N(C(C)C)C(C)C. The predicted octanol–water partition coefficient (Wildman–Crippen LogP) is 5.91. The van der Waals surface area contributed by atoms with Gasteiger partial charge in [-0.1, -0.05) is 27.7 Å². The zero-order chi connectivity index (χ0) is 48.8. The standard InChI is InChI=1S/C46H63N6O12PSi/c1-27(2)52(28(3)4)65(60-20-19-47-12)63-37-24-41(50-25-31(9)43(57)49-45(50)59)62-38(37)26-61-66(29(5)6,30(7)8)64-46(10,11)17-18-48-44(58)33-21-32(42-35(53)13-14-36(42)54)22-34(23-33)51-39(55)15-16-40(51)56/h13-16,21-23,25,27-30,37-38,41-42H,17-20,24,26H2,1-11H3,(H,48,58)(H,49,57,59)/t37-,38-,41-,65?/m1/s1. The molecule has 2 N–H and O–H groups in total. The van der Waals surface area contributed by atoms with Crippen LogP contribution < -0.4 is 21.5 Å². The molecule has 0 radical (unpaired) electrons. The van der Waals surface area contributed by atoms with Gasteiger partial charge >= 0.3 is 14.3 Å². The Morgan fingerprint density at radius 3 is 2.17 bits per heavy atom. The van der Waals surface area contributed by atoms with Crippen molar-refractivity contribution in [2.75, 3.05) is 31.2 Å². The van der Waals surface area contributed by atoms with Gasteiger partial charge < -0.3 is 32.8 Å². The van der Waals surface area contributed by atoms with Gasteiger partial charge in [0.15, 0.2) is 11.6 Å². The van der Waals surface area contributed by atoms with Crippen LogP contribution >= 0.6 is 8.53 Å². The van der Waals surface area contributed by atoms with Crippen LogP contribution in [-0.4, -0.2) is 108 Å². The zero-order valence-electron chi connectivity index (χ0n) is 39.6. The Kier molecular flexibility index (Phi) is 17.3. The number of H-pyrrole nitrogens is 1. The maximum atomic E-state index is 13.8. The molecule has 2 aliphatic heterocycles. The smallest absolute Gasteiger partial charge is 0.343 e. The van der Waals surface area contributed by atoms with Gasteiger partial charge in [0.1, 0.15) is 24.9 Å². The van der Waals surface area contributed by atoms with E-state index in [2.05, 4.69) is 19.8 Å². The second-order valence-corrected chi connectivity index (χ2v) is 24.1. The van der Waals surface area contributed by atoms with Gasteiger partial charge in [0, 0.05) is 54.5 Å². The van der Waals surface area contributed by atoms with Crippen LogP contribution in [0.1, 0.15) is 116 Å². The molecule has 1 aliphatic carbocycles. The van der Waals surface area contributed by atoms with Gasteiger partial charge in [0.2, 0.25) is 6.54 Å². The highest BCUT2D eigenvalue weighted by molar-refractivity contribution is 7.44. The summed E-state index contributed by atoms with van der Waals surface area (Å²) < 4.78 is 37.3. The number of imide groups is 1. The van der Waals surface area contributed by atoms with Crippen molar-refractivity contribution in [3.63, 3.8) is 0 Å². The van der Waals surface area contributed by atoms with Crippen molar-refractivity contribution >= 4 is 52.1 Å². The minimum absolute atomic E-state index is 0.0277. The molecular weight excluding hydrogens is 888 g/mol. The number of aromatic amines is 1. The van der Waals surface area contributed by atoms with E-state index in [1.165, 1.54) is 41.1 Å². The lowest BCUT2D eigenvalue weighted by atomic mass is 9.92. The molecule has 20 heteroatoms. The van der Waals surface area contributed by atoms with Gasteiger partial charge in [0.05, 0.1) is 24.0 Å². The lowest BCUT2D eigenvalue weighted by Gasteiger charge is -2.44. The van der Waals surface area contributed by atoms with Gasteiger partial charge in [-0.05, 0) is 102 Å². The number of aryl methyl sites for hydroxylation is 1. The molecule has 3 heterocycles. The quantitative estimate of drug-likeness (QED) is 0.0352. The number of allylic oxidation sites excluding steroid dienone is 2. The molecule has 5 rings (SSSR count). The van der Waals surface area contributed by atoms with E-state index < -0.39 is 87.6 Å². The Hall–Kier alpha value is -4.77. The average Bonchev–Trinajstić information content (AvgIpc) is 3.90. The summed E-state index contributed by atoms with van der Waals surface area (Å²) in [4.78, 5) is 96.5. The van der Waals surface area contributed by atoms with Crippen molar-refractivity contribution in [1.29, 1.82) is 0 Å². The Bertz CT molecular complexity index is 2270. The number of nitrogens with one attached hydrogen (secondary N) is 2. The number of anilines is 1. The van der Waals surface area contributed by atoms with Crippen LogP contribution in [0.15, 0.2) is 58.3 Å². The molecule has 18 nitrogen and oxygen atoms in total. The number of nitrogens with zero attached hydrogens (tertiary/aromatic N) is 4. The maximum absolute atomic E-state index is 13.8. The number of carbonyl (C=O) groups is 5. The first-order valence-electron chi connectivity index (χ1n) is 22.3. The normalized spacial score (nSPS) is 19.8. The molecule has 1 saturated heterocycles. The first-order valence-corrected chi connectivity index (χ1v) is 25.4. The van der Waals surface area contributed by atoms with Crippen molar-refractivity contribution in [3.05, 3.63) is 97.6 Å². The van der Waals surface area contributed by atoms with E-state index in [4.69, 9.17) is 29.2 Å². The summed E-state index contributed by atoms with van der Waals surface area (Å²) in [6.45, 7) is 29.5. The van der Waals surface area contributed by atoms with Crippen LogP contribution in [0.2, 0.25) is 11.1 Å². The number of ether oxygens (including phenoxy) is 1. The fourth-order valence-corrected chi connectivity index (χ4v) is 14.1. The summed E-state index contributed by atoms with van der Waals surface area (Å²) >= 11 is 0. The zero-order valence-corrected chi connectivity index (χ0v) is 41.5. The second kappa shape index (κ2) is 21.9. The Balaban J connectivity index is 1.36.